The first-order valence-corrected chi connectivity index (χ1v) is 4.65. The van der Waals surface area contributed by atoms with Gasteiger partial charge in [-0.1, -0.05) is 0 Å². The summed E-state index contributed by atoms with van der Waals surface area (Å²) in [7, 11) is 0. The van der Waals surface area contributed by atoms with Crippen molar-refractivity contribution in [2.75, 3.05) is 11.5 Å². The Morgan fingerprint density at radius 3 is 2.25 bits per heavy atom. The molecule has 2 atom stereocenters. The summed E-state index contributed by atoms with van der Waals surface area (Å²) < 4.78 is 0. The first kappa shape index (κ1) is 12.3. The fraction of sp³-hybridized carbons (Fsp3) is 0.300. The van der Waals surface area contributed by atoms with Gasteiger partial charge in [0.25, 0.3) is 0 Å². The fourth-order valence-electron chi connectivity index (χ4n) is 1.41. The van der Waals surface area contributed by atoms with Gasteiger partial charge in [0.15, 0.2) is 6.10 Å². The number of primary amides is 1. The molecule has 0 fully saturated rings. The van der Waals surface area contributed by atoms with Crippen LogP contribution in [0.15, 0.2) is 12.1 Å². The van der Waals surface area contributed by atoms with Crippen molar-refractivity contribution in [1.82, 2.24) is 0 Å². The van der Waals surface area contributed by atoms with Gasteiger partial charge < -0.3 is 27.4 Å². The molecule has 1 amide bonds. The Labute approximate surface area is 92.7 Å². The molecule has 0 aromatic heterocycles. The van der Waals surface area contributed by atoms with E-state index in [1.807, 2.05) is 0 Å². The van der Waals surface area contributed by atoms with Gasteiger partial charge in [-0.3, -0.25) is 4.79 Å². The second kappa shape index (κ2) is 4.38. The molecular weight excluding hydrogens is 210 g/mol. The van der Waals surface area contributed by atoms with Gasteiger partial charge in [0.2, 0.25) is 5.91 Å². The zero-order chi connectivity index (χ0) is 12.5. The highest BCUT2D eigenvalue weighted by Crippen LogP contribution is 2.27. The topological polar surface area (TPSA) is 136 Å². The van der Waals surface area contributed by atoms with Crippen LogP contribution in [0.2, 0.25) is 0 Å². The van der Waals surface area contributed by atoms with Crippen LogP contribution in [0.1, 0.15) is 17.2 Å². The van der Waals surface area contributed by atoms with Gasteiger partial charge in [-0.25, -0.2) is 0 Å². The van der Waals surface area contributed by atoms with Crippen LogP contribution in [-0.4, -0.2) is 22.2 Å². The zero-order valence-electron chi connectivity index (χ0n) is 8.84. The summed E-state index contributed by atoms with van der Waals surface area (Å²) in [5.41, 5.74) is 17.6. The predicted octanol–water partition coefficient (Wildman–Crippen LogP) is -0.961. The van der Waals surface area contributed by atoms with E-state index in [1.165, 1.54) is 6.07 Å². The lowest BCUT2D eigenvalue weighted by atomic mass is 9.97. The number of carbonyl (C=O) groups is 1. The summed E-state index contributed by atoms with van der Waals surface area (Å²) >= 11 is 0. The van der Waals surface area contributed by atoms with Crippen LogP contribution >= 0.6 is 0 Å². The Hall–Kier alpha value is -1.79. The lowest BCUT2D eigenvalue weighted by Gasteiger charge is -2.18. The van der Waals surface area contributed by atoms with Crippen LogP contribution in [0, 0.1) is 6.92 Å². The van der Waals surface area contributed by atoms with Crippen LogP contribution in [0.25, 0.3) is 0 Å². The summed E-state index contributed by atoms with van der Waals surface area (Å²) in [6, 6.07) is 2.98. The van der Waals surface area contributed by atoms with Crippen molar-refractivity contribution in [3.63, 3.8) is 0 Å². The number of benzene rings is 1. The smallest absolute Gasteiger partial charge is 0.249 e. The van der Waals surface area contributed by atoms with Crippen molar-refractivity contribution in [2.45, 2.75) is 19.1 Å². The summed E-state index contributed by atoms with van der Waals surface area (Å²) in [5.74, 6) is -0.998. The minimum atomic E-state index is -1.67. The van der Waals surface area contributed by atoms with Gasteiger partial charge in [0.1, 0.15) is 6.10 Å². The average Bonchev–Trinajstić information content (AvgIpc) is 2.21. The van der Waals surface area contributed by atoms with E-state index >= 15 is 0 Å². The van der Waals surface area contributed by atoms with Crippen molar-refractivity contribution in [2.24, 2.45) is 5.73 Å². The number of anilines is 2. The first-order chi connectivity index (χ1) is 7.34. The summed E-state index contributed by atoms with van der Waals surface area (Å²) in [6.45, 7) is 1.68. The molecule has 0 saturated heterocycles. The molecule has 16 heavy (non-hydrogen) atoms. The molecule has 0 aliphatic carbocycles. The Balaban J connectivity index is 3.13. The minimum Gasteiger partial charge on any atom is -0.397 e. The number of amides is 1. The lowest BCUT2D eigenvalue weighted by Crippen LogP contribution is -2.34. The molecule has 1 aromatic carbocycles. The number of rotatable bonds is 3. The first-order valence-electron chi connectivity index (χ1n) is 4.65. The molecule has 0 aliphatic heterocycles. The number of hydrogen-bond donors (Lipinski definition) is 5. The molecule has 88 valence electrons. The van der Waals surface area contributed by atoms with E-state index in [1.54, 1.807) is 13.0 Å². The highest BCUT2D eigenvalue weighted by atomic mass is 16.3. The largest absolute Gasteiger partial charge is 0.397 e. The standard InChI is InChI=1S/C10H15N3O3/c1-4-2-6(11)7(12)3-5(4)8(14)9(15)10(13)16/h2-3,8-9,14-15H,11-12H2,1H3,(H2,13,16). The van der Waals surface area contributed by atoms with E-state index in [4.69, 9.17) is 17.2 Å². The highest BCUT2D eigenvalue weighted by Gasteiger charge is 2.25. The molecule has 1 aromatic rings. The van der Waals surface area contributed by atoms with Crippen LogP contribution < -0.4 is 17.2 Å². The monoisotopic (exact) mass is 225 g/mol. The number of carbonyl (C=O) groups excluding carboxylic acids is 1. The Kier molecular flexibility index (Phi) is 3.36. The predicted molar refractivity (Wildman–Crippen MR) is 60.2 cm³/mol. The average molecular weight is 225 g/mol. The number of aliphatic hydroxyl groups is 2. The Bertz CT molecular complexity index is 420. The molecule has 0 radical (unpaired) electrons. The normalized spacial score (nSPS) is 14.4. The van der Waals surface area contributed by atoms with Crippen molar-refractivity contribution in [3.05, 3.63) is 23.3 Å². The van der Waals surface area contributed by atoms with E-state index in [-0.39, 0.29) is 5.69 Å². The molecule has 0 heterocycles. The maximum Gasteiger partial charge on any atom is 0.249 e. The van der Waals surface area contributed by atoms with E-state index in [0.29, 0.717) is 16.8 Å². The number of aryl methyl sites for hydroxylation is 1. The third-order valence-electron chi connectivity index (χ3n) is 2.38. The zero-order valence-corrected chi connectivity index (χ0v) is 8.84. The van der Waals surface area contributed by atoms with Crippen LogP contribution in [0.4, 0.5) is 11.4 Å². The van der Waals surface area contributed by atoms with E-state index in [2.05, 4.69) is 0 Å². The maximum atomic E-state index is 10.7. The Morgan fingerprint density at radius 1 is 1.25 bits per heavy atom. The number of nitrogens with two attached hydrogens (primary N) is 3. The number of nitrogen functional groups attached to an aromatic ring is 2. The molecule has 0 saturated carbocycles. The van der Waals surface area contributed by atoms with Gasteiger partial charge in [0, 0.05) is 0 Å². The molecule has 6 heteroatoms. The van der Waals surface area contributed by atoms with Gasteiger partial charge in [-0.05, 0) is 30.2 Å². The lowest BCUT2D eigenvalue weighted by molar-refractivity contribution is -0.131. The quantitative estimate of drug-likeness (QED) is 0.422. The molecule has 0 bridgehead atoms. The van der Waals surface area contributed by atoms with E-state index in [9.17, 15) is 15.0 Å². The number of hydrogen-bond acceptors (Lipinski definition) is 5. The highest BCUT2D eigenvalue weighted by molar-refractivity contribution is 5.79. The second-order valence-corrected chi connectivity index (χ2v) is 3.63. The molecule has 2 unspecified atom stereocenters. The van der Waals surface area contributed by atoms with Gasteiger partial charge in [-0.2, -0.15) is 0 Å². The number of aliphatic hydroxyl groups excluding tert-OH is 2. The van der Waals surface area contributed by atoms with Gasteiger partial charge >= 0.3 is 0 Å². The molecule has 1 rings (SSSR count). The van der Waals surface area contributed by atoms with E-state index < -0.39 is 18.1 Å². The third-order valence-corrected chi connectivity index (χ3v) is 2.38. The van der Waals surface area contributed by atoms with E-state index in [0.717, 1.165) is 0 Å². The van der Waals surface area contributed by atoms with Crippen LogP contribution in [0.3, 0.4) is 0 Å². The van der Waals surface area contributed by atoms with Crippen molar-refractivity contribution >= 4 is 17.3 Å². The summed E-state index contributed by atoms with van der Waals surface area (Å²) in [4.78, 5) is 10.7. The van der Waals surface area contributed by atoms with Crippen molar-refractivity contribution < 1.29 is 15.0 Å². The molecule has 8 N–H and O–H groups in total. The molecule has 0 aliphatic rings. The summed E-state index contributed by atoms with van der Waals surface area (Å²) in [6.07, 6.45) is -3.07. The Morgan fingerprint density at radius 2 is 1.75 bits per heavy atom. The molecule has 6 nitrogen and oxygen atoms in total. The third kappa shape index (κ3) is 2.23. The van der Waals surface area contributed by atoms with Crippen LogP contribution in [-0.2, 0) is 4.79 Å². The molecule has 0 spiro atoms. The molecular formula is C10H15N3O3. The van der Waals surface area contributed by atoms with Crippen molar-refractivity contribution in [3.8, 4) is 0 Å². The van der Waals surface area contributed by atoms with Gasteiger partial charge in [-0.15, -0.1) is 0 Å². The minimum absolute atomic E-state index is 0.274. The SMILES string of the molecule is Cc1cc(N)c(N)cc1C(O)C(O)C(N)=O. The maximum absolute atomic E-state index is 10.7. The fourth-order valence-corrected chi connectivity index (χ4v) is 1.41. The van der Waals surface area contributed by atoms with Crippen LogP contribution in [0.5, 0.6) is 0 Å². The van der Waals surface area contributed by atoms with Gasteiger partial charge in [0.05, 0.1) is 11.4 Å². The second-order valence-electron chi connectivity index (χ2n) is 3.63. The summed E-state index contributed by atoms with van der Waals surface area (Å²) in [5, 5.41) is 19.0. The van der Waals surface area contributed by atoms with Crippen molar-refractivity contribution in [1.29, 1.82) is 0 Å².